The van der Waals surface area contributed by atoms with Crippen molar-refractivity contribution in [1.29, 1.82) is 0 Å². The Kier molecular flexibility index (Phi) is 5.14. The summed E-state index contributed by atoms with van der Waals surface area (Å²) >= 11 is 0. The average molecular weight is 469 g/mol. The topological polar surface area (TPSA) is 88.9 Å². The molecule has 0 spiro atoms. The lowest BCUT2D eigenvalue weighted by Gasteiger charge is -2.13. The minimum absolute atomic E-state index is 0.0103. The van der Waals surface area contributed by atoms with Crippen molar-refractivity contribution in [3.8, 4) is 11.3 Å². The molecule has 33 heavy (non-hydrogen) atoms. The fourth-order valence-corrected chi connectivity index (χ4v) is 3.57. The minimum Gasteiger partial charge on any atom is -0.326 e. The Bertz CT molecular complexity index is 1280. The second kappa shape index (κ2) is 7.60. The number of carbonyl (C=O) groups excluding carboxylic acids is 2. The zero-order valence-corrected chi connectivity index (χ0v) is 16.6. The number of halogens is 6. The van der Waals surface area contributed by atoms with E-state index in [1.807, 2.05) is 5.32 Å². The number of aryl methyl sites for hydroxylation is 1. The molecule has 0 atom stereocenters. The zero-order chi connectivity index (χ0) is 24.1. The van der Waals surface area contributed by atoms with Crippen molar-refractivity contribution in [1.82, 2.24) is 14.8 Å². The Balaban J connectivity index is 1.80. The molecule has 0 unspecified atom stereocenters. The molecule has 3 heterocycles. The first kappa shape index (κ1) is 22.3. The van der Waals surface area contributed by atoms with Gasteiger partial charge in [0.15, 0.2) is 0 Å². The lowest BCUT2D eigenvalue weighted by atomic mass is 9.98. The van der Waals surface area contributed by atoms with E-state index < -0.39 is 52.5 Å². The average Bonchev–Trinajstić information content (AvgIpc) is 3.26. The maximum absolute atomic E-state index is 14.1. The summed E-state index contributed by atoms with van der Waals surface area (Å²) in [5.74, 6) is -1.72. The van der Waals surface area contributed by atoms with Gasteiger partial charge in [-0.15, -0.1) is 0 Å². The van der Waals surface area contributed by atoms with Gasteiger partial charge in [0, 0.05) is 30.2 Å². The Labute approximate surface area is 181 Å². The highest BCUT2D eigenvalue weighted by Gasteiger charge is 2.43. The maximum Gasteiger partial charge on any atom is 0.433 e. The number of pyridine rings is 1. The Morgan fingerprint density at radius 3 is 2.52 bits per heavy atom. The second-order valence-corrected chi connectivity index (χ2v) is 7.13. The summed E-state index contributed by atoms with van der Waals surface area (Å²) in [4.78, 5) is 27.6. The predicted octanol–water partition coefficient (Wildman–Crippen LogP) is 4.27. The van der Waals surface area contributed by atoms with Crippen LogP contribution >= 0.6 is 0 Å². The molecule has 0 fully saturated rings. The van der Waals surface area contributed by atoms with Gasteiger partial charge in [-0.25, -0.2) is 0 Å². The molecule has 0 saturated heterocycles. The summed E-state index contributed by atoms with van der Waals surface area (Å²) < 4.78 is 81.6. The van der Waals surface area contributed by atoms with E-state index in [9.17, 15) is 35.9 Å². The third-order valence-electron chi connectivity index (χ3n) is 4.90. The van der Waals surface area contributed by atoms with Crippen LogP contribution < -0.4 is 10.6 Å². The van der Waals surface area contributed by atoms with E-state index in [2.05, 4.69) is 15.4 Å². The Morgan fingerprint density at radius 2 is 1.85 bits per heavy atom. The summed E-state index contributed by atoms with van der Waals surface area (Å²) in [5, 5.41) is 8.44. The van der Waals surface area contributed by atoms with Gasteiger partial charge in [-0.05, 0) is 23.8 Å². The van der Waals surface area contributed by atoms with E-state index in [-0.39, 0.29) is 12.0 Å². The monoisotopic (exact) mass is 469 g/mol. The molecule has 3 aromatic rings. The molecule has 1 aliphatic rings. The molecule has 0 aliphatic carbocycles. The quantitative estimate of drug-likeness (QED) is 0.561. The van der Waals surface area contributed by atoms with Gasteiger partial charge in [0.1, 0.15) is 22.6 Å². The van der Waals surface area contributed by atoms with Crippen molar-refractivity contribution in [3.05, 3.63) is 59.0 Å². The molecule has 2 N–H and O–H groups in total. The van der Waals surface area contributed by atoms with Gasteiger partial charge in [-0.1, -0.05) is 12.1 Å². The number of fused-ring (bicyclic) bond motifs is 1. The van der Waals surface area contributed by atoms with Crippen molar-refractivity contribution in [2.75, 3.05) is 10.6 Å². The molecule has 13 heteroatoms. The molecule has 0 bridgehead atoms. The number of carbonyl (C=O) groups is 2. The third kappa shape index (κ3) is 4.13. The van der Waals surface area contributed by atoms with Crippen LogP contribution in [0.1, 0.15) is 27.3 Å². The standard InChI is InChI=1S/C20H13F6N5O2/c1-31-17(18(33)28-9-5-6-27-13(7-9)19(21,22)23)15(20(24,25)26)16(30-31)10-3-2-4-12-11(10)8-14(32)29-12/h2-7H,8H2,1H3,(H,29,32)(H,27,28,33). The van der Waals surface area contributed by atoms with Crippen molar-refractivity contribution >= 4 is 23.2 Å². The fraction of sp³-hybridized carbons (Fsp3) is 0.200. The largest absolute Gasteiger partial charge is 0.433 e. The van der Waals surface area contributed by atoms with Crippen LogP contribution in [-0.4, -0.2) is 26.6 Å². The Morgan fingerprint density at radius 1 is 1.12 bits per heavy atom. The van der Waals surface area contributed by atoms with Crippen LogP contribution in [-0.2, 0) is 30.6 Å². The van der Waals surface area contributed by atoms with E-state index in [1.165, 1.54) is 18.2 Å². The first-order valence-electron chi connectivity index (χ1n) is 9.27. The number of rotatable bonds is 3. The number of hydrogen-bond donors (Lipinski definition) is 2. The lowest BCUT2D eigenvalue weighted by Crippen LogP contribution is -2.21. The van der Waals surface area contributed by atoms with E-state index in [4.69, 9.17) is 0 Å². The minimum atomic E-state index is -5.04. The summed E-state index contributed by atoms with van der Waals surface area (Å²) in [7, 11) is 1.11. The Hall–Kier alpha value is -3.90. The molecule has 0 saturated carbocycles. The second-order valence-electron chi connectivity index (χ2n) is 7.13. The van der Waals surface area contributed by atoms with Gasteiger partial charge >= 0.3 is 12.4 Å². The van der Waals surface area contributed by atoms with Crippen LogP contribution in [0.25, 0.3) is 11.3 Å². The SMILES string of the molecule is Cn1nc(-c2cccc3c2CC(=O)N3)c(C(F)(F)F)c1C(=O)Nc1ccnc(C(F)(F)F)c1. The van der Waals surface area contributed by atoms with Crippen LogP contribution in [0.15, 0.2) is 36.5 Å². The first-order valence-corrected chi connectivity index (χ1v) is 9.27. The van der Waals surface area contributed by atoms with Crippen molar-refractivity contribution < 1.29 is 35.9 Å². The summed E-state index contributed by atoms with van der Waals surface area (Å²) in [6.07, 6.45) is -9.24. The van der Waals surface area contributed by atoms with Crippen LogP contribution in [0.5, 0.6) is 0 Å². The molecule has 2 aromatic heterocycles. The van der Waals surface area contributed by atoms with Crippen molar-refractivity contribution in [2.24, 2.45) is 7.05 Å². The number of anilines is 2. The van der Waals surface area contributed by atoms with Gasteiger partial charge < -0.3 is 10.6 Å². The van der Waals surface area contributed by atoms with Crippen molar-refractivity contribution in [3.63, 3.8) is 0 Å². The fourth-order valence-electron chi connectivity index (χ4n) is 3.57. The number of benzene rings is 1. The highest BCUT2D eigenvalue weighted by molar-refractivity contribution is 6.06. The molecular weight excluding hydrogens is 456 g/mol. The zero-order valence-electron chi connectivity index (χ0n) is 16.6. The van der Waals surface area contributed by atoms with Crippen molar-refractivity contribution in [2.45, 2.75) is 18.8 Å². The molecular formula is C20H13F6N5O2. The first-order chi connectivity index (χ1) is 15.4. The van der Waals surface area contributed by atoms with E-state index in [0.29, 0.717) is 22.0 Å². The molecule has 1 aromatic carbocycles. The van der Waals surface area contributed by atoms with E-state index in [1.54, 1.807) is 0 Å². The van der Waals surface area contributed by atoms with Gasteiger partial charge in [-0.2, -0.15) is 31.4 Å². The normalized spacial score (nSPS) is 13.6. The van der Waals surface area contributed by atoms with Crippen LogP contribution in [0.2, 0.25) is 0 Å². The number of hydrogen-bond acceptors (Lipinski definition) is 4. The number of nitrogens with zero attached hydrogens (tertiary/aromatic N) is 3. The maximum atomic E-state index is 14.1. The molecule has 2 amide bonds. The summed E-state index contributed by atoms with van der Waals surface area (Å²) in [6.45, 7) is 0. The predicted molar refractivity (Wildman–Crippen MR) is 103 cm³/mol. The number of amides is 2. The van der Waals surface area contributed by atoms with Crippen LogP contribution in [0, 0.1) is 0 Å². The highest BCUT2D eigenvalue weighted by atomic mass is 19.4. The van der Waals surface area contributed by atoms with Crippen LogP contribution in [0.4, 0.5) is 37.7 Å². The summed E-state index contributed by atoms with van der Waals surface area (Å²) in [6, 6.07) is 5.82. The summed E-state index contributed by atoms with van der Waals surface area (Å²) in [5.41, 5.74) is -3.93. The van der Waals surface area contributed by atoms with E-state index >= 15 is 0 Å². The number of nitrogens with one attached hydrogen (secondary N) is 2. The van der Waals surface area contributed by atoms with E-state index in [0.717, 1.165) is 19.3 Å². The van der Waals surface area contributed by atoms with Gasteiger partial charge in [0.2, 0.25) is 5.91 Å². The smallest absolute Gasteiger partial charge is 0.326 e. The molecule has 172 valence electrons. The van der Waals surface area contributed by atoms with Gasteiger partial charge in [0.25, 0.3) is 5.91 Å². The highest BCUT2D eigenvalue weighted by Crippen LogP contribution is 2.42. The van der Waals surface area contributed by atoms with Gasteiger partial charge in [-0.3, -0.25) is 19.3 Å². The molecule has 4 rings (SSSR count). The molecule has 7 nitrogen and oxygen atoms in total. The number of aromatic nitrogens is 3. The third-order valence-corrected chi connectivity index (χ3v) is 4.90. The van der Waals surface area contributed by atoms with Crippen LogP contribution in [0.3, 0.4) is 0 Å². The lowest BCUT2D eigenvalue weighted by molar-refractivity contribution is -0.141. The molecule has 1 aliphatic heterocycles. The molecule has 0 radical (unpaired) electrons. The number of alkyl halides is 6. The van der Waals surface area contributed by atoms with Gasteiger partial charge in [0.05, 0.1) is 6.42 Å².